The molecule has 0 N–H and O–H groups in total. The van der Waals surface area contributed by atoms with Gasteiger partial charge in [-0.25, -0.2) is 0 Å². The van der Waals surface area contributed by atoms with Gasteiger partial charge in [-0.2, -0.15) is 0 Å². The highest BCUT2D eigenvalue weighted by atomic mass is 32.1. The standard InChI is InChI=1S/C25H26N2O3S/c1-4-5-10-26-24(29)20-18-13-15(3)16-12-14(2)8-9-17(16)27(18)22(21(20)25(26)30)23(28)19-7-6-11-31-19/h6-9,11-13,18,20-22H,4-5,10H2,1-3H3/t18-,20-,21-,22-/m0/s1. The van der Waals surface area contributed by atoms with E-state index in [0.717, 1.165) is 35.2 Å². The van der Waals surface area contributed by atoms with E-state index >= 15 is 0 Å². The van der Waals surface area contributed by atoms with Gasteiger partial charge in [-0.1, -0.05) is 37.1 Å². The SMILES string of the molecule is CCCCN1C(=O)[C@@H]2[C@H](C1=O)[C@@H](C(=O)c1cccs1)N1c3ccc(C)cc3C(C)=C[C@@H]21. The fourth-order valence-corrected chi connectivity index (χ4v) is 6.12. The summed E-state index contributed by atoms with van der Waals surface area (Å²) in [5, 5.41) is 1.88. The van der Waals surface area contributed by atoms with Gasteiger partial charge in [-0.15, -0.1) is 11.3 Å². The van der Waals surface area contributed by atoms with Gasteiger partial charge in [0.2, 0.25) is 11.8 Å². The van der Waals surface area contributed by atoms with E-state index in [1.165, 1.54) is 16.2 Å². The number of rotatable bonds is 5. The van der Waals surface area contributed by atoms with Gasteiger partial charge in [-0.05, 0) is 49.4 Å². The van der Waals surface area contributed by atoms with Crippen molar-refractivity contribution in [1.82, 2.24) is 4.90 Å². The zero-order valence-corrected chi connectivity index (χ0v) is 18.8. The Bertz CT molecular complexity index is 1100. The number of thiophene rings is 1. The van der Waals surface area contributed by atoms with Gasteiger partial charge in [0.05, 0.1) is 22.8 Å². The minimum absolute atomic E-state index is 0.0644. The first-order chi connectivity index (χ1) is 14.9. The summed E-state index contributed by atoms with van der Waals surface area (Å²) in [7, 11) is 0. The number of fused-ring (bicyclic) bond motifs is 5. The number of allylic oxidation sites excluding steroid dienone is 1. The molecule has 0 radical (unpaired) electrons. The van der Waals surface area contributed by atoms with Crippen LogP contribution in [-0.4, -0.2) is 41.1 Å². The number of carbonyl (C=O) groups excluding carboxylic acids is 3. The molecule has 2 amide bonds. The van der Waals surface area contributed by atoms with Gasteiger partial charge in [0.25, 0.3) is 0 Å². The molecule has 0 spiro atoms. The Hall–Kier alpha value is -2.73. The molecule has 1 aromatic carbocycles. The van der Waals surface area contributed by atoms with Crippen LogP contribution in [0.25, 0.3) is 5.57 Å². The number of hydrogen-bond acceptors (Lipinski definition) is 5. The van der Waals surface area contributed by atoms with Crippen molar-refractivity contribution < 1.29 is 14.4 Å². The van der Waals surface area contributed by atoms with Gasteiger partial charge >= 0.3 is 0 Å². The molecule has 0 unspecified atom stereocenters. The highest BCUT2D eigenvalue weighted by molar-refractivity contribution is 7.12. The van der Waals surface area contributed by atoms with Gasteiger partial charge in [-0.3, -0.25) is 19.3 Å². The van der Waals surface area contributed by atoms with Crippen molar-refractivity contribution in [1.29, 1.82) is 0 Å². The summed E-state index contributed by atoms with van der Waals surface area (Å²) in [6.45, 7) is 6.58. The molecular weight excluding hydrogens is 408 g/mol. The third kappa shape index (κ3) is 2.92. The maximum atomic E-state index is 13.7. The Morgan fingerprint density at radius 1 is 1.10 bits per heavy atom. The number of hydrogen-bond donors (Lipinski definition) is 0. The Balaban J connectivity index is 1.66. The molecule has 5 rings (SSSR count). The highest BCUT2D eigenvalue weighted by Crippen LogP contribution is 2.50. The monoisotopic (exact) mass is 434 g/mol. The Morgan fingerprint density at radius 3 is 2.58 bits per heavy atom. The van der Waals surface area contributed by atoms with E-state index in [-0.39, 0.29) is 23.6 Å². The van der Waals surface area contributed by atoms with Crippen molar-refractivity contribution >= 4 is 40.2 Å². The van der Waals surface area contributed by atoms with Gasteiger partial charge in [0.1, 0.15) is 6.04 Å². The summed E-state index contributed by atoms with van der Waals surface area (Å²) in [5.74, 6) is -1.53. The first-order valence-corrected chi connectivity index (χ1v) is 11.8. The summed E-state index contributed by atoms with van der Waals surface area (Å²) >= 11 is 1.39. The molecule has 0 aliphatic carbocycles. The molecule has 5 nitrogen and oxygen atoms in total. The summed E-state index contributed by atoms with van der Waals surface area (Å²) in [4.78, 5) is 44.7. The van der Waals surface area contributed by atoms with E-state index in [0.29, 0.717) is 11.4 Å². The summed E-state index contributed by atoms with van der Waals surface area (Å²) in [6.07, 6.45) is 3.78. The molecule has 3 aliphatic heterocycles. The quantitative estimate of drug-likeness (QED) is 0.520. The van der Waals surface area contributed by atoms with E-state index in [1.54, 1.807) is 0 Å². The van der Waals surface area contributed by atoms with Crippen LogP contribution in [0.1, 0.15) is 47.5 Å². The number of carbonyl (C=O) groups is 3. The predicted octanol–water partition coefficient (Wildman–Crippen LogP) is 4.31. The zero-order chi connectivity index (χ0) is 21.9. The van der Waals surface area contributed by atoms with E-state index in [9.17, 15) is 14.4 Å². The molecule has 31 heavy (non-hydrogen) atoms. The smallest absolute Gasteiger partial charge is 0.235 e. The Labute approximate surface area is 186 Å². The highest BCUT2D eigenvalue weighted by Gasteiger charge is 2.64. The normalized spacial score (nSPS) is 26.6. The minimum atomic E-state index is -0.664. The third-order valence-corrected chi connectivity index (χ3v) is 7.75. The first kappa shape index (κ1) is 20.2. The average molecular weight is 435 g/mol. The number of nitrogens with zero attached hydrogens (tertiary/aromatic N) is 2. The first-order valence-electron chi connectivity index (χ1n) is 10.9. The number of amides is 2. The van der Waals surface area contributed by atoms with Crippen molar-refractivity contribution in [3.05, 3.63) is 57.8 Å². The van der Waals surface area contributed by atoms with E-state index in [1.807, 2.05) is 43.5 Å². The summed E-state index contributed by atoms with van der Waals surface area (Å²) in [5.41, 5.74) is 4.25. The fourth-order valence-electron chi connectivity index (χ4n) is 5.42. The van der Waals surface area contributed by atoms with Crippen LogP contribution >= 0.6 is 11.3 Å². The van der Waals surface area contributed by atoms with Crippen molar-refractivity contribution in [2.45, 2.75) is 45.7 Å². The van der Waals surface area contributed by atoms with Crippen LogP contribution in [0, 0.1) is 18.8 Å². The maximum absolute atomic E-state index is 13.7. The number of anilines is 1. The molecule has 0 saturated carbocycles. The molecular formula is C25H26N2O3S. The molecule has 6 heteroatoms. The Morgan fingerprint density at radius 2 is 1.87 bits per heavy atom. The van der Waals surface area contributed by atoms with Crippen molar-refractivity contribution in [2.75, 3.05) is 11.4 Å². The van der Waals surface area contributed by atoms with Crippen LogP contribution in [0.3, 0.4) is 0 Å². The molecule has 0 bridgehead atoms. The van der Waals surface area contributed by atoms with Crippen LogP contribution in [0.4, 0.5) is 5.69 Å². The Kier molecular flexibility index (Phi) is 4.85. The van der Waals surface area contributed by atoms with Gasteiger partial charge < -0.3 is 4.90 Å². The second-order valence-corrected chi connectivity index (χ2v) is 9.74. The van der Waals surface area contributed by atoms with E-state index in [4.69, 9.17) is 0 Å². The number of ketones is 1. The lowest BCUT2D eigenvalue weighted by Crippen LogP contribution is -2.49. The van der Waals surface area contributed by atoms with Crippen LogP contribution in [-0.2, 0) is 9.59 Å². The summed E-state index contributed by atoms with van der Waals surface area (Å²) in [6, 6.07) is 8.91. The fraction of sp³-hybridized carbons (Fsp3) is 0.400. The number of unbranched alkanes of at least 4 members (excludes halogenated alkanes) is 1. The van der Waals surface area contributed by atoms with Crippen LogP contribution in [0.15, 0.2) is 41.8 Å². The number of likely N-dealkylation sites (tertiary alicyclic amines) is 1. The van der Waals surface area contributed by atoms with Crippen molar-refractivity contribution in [3.8, 4) is 0 Å². The number of Topliss-reactive ketones (excluding diaryl/α,β-unsaturated/α-hetero) is 1. The number of aryl methyl sites for hydroxylation is 1. The largest absolute Gasteiger partial charge is 0.352 e. The summed E-state index contributed by atoms with van der Waals surface area (Å²) < 4.78 is 0. The molecule has 3 aliphatic rings. The molecule has 2 saturated heterocycles. The lowest BCUT2D eigenvalue weighted by atomic mass is 9.86. The average Bonchev–Trinajstić information content (AvgIpc) is 3.44. The maximum Gasteiger partial charge on any atom is 0.235 e. The lowest BCUT2D eigenvalue weighted by Gasteiger charge is -2.38. The van der Waals surface area contributed by atoms with Crippen LogP contribution in [0.5, 0.6) is 0 Å². The number of imide groups is 1. The molecule has 4 heterocycles. The number of benzene rings is 1. The molecule has 2 fully saturated rings. The molecule has 4 atom stereocenters. The lowest BCUT2D eigenvalue weighted by molar-refractivity contribution is -0.140. The van der Waals surface area contributed by atoms with Crippen LogP contribution < -0.4 is 4.90 Å². The van der Waals surface area contributed by atoms with E-state index in [2.05, 4.69) is 24.0 Å². The van der Waals surface area contributed by atoms with Crippen LogP contribution in [0.2, 0.25) is 0 Å². The van der Waals surface area contributed by atoms with Crippen molar-refractivity contribution in [2.24, 2.45) is 11.8 Å². The van der Waals surface area contributed by atoms with E-state index < -0.39 is 17.9 Å². The molecule has 160 valence electrons. The molecule has 2 aromatic rings. The van der Waals surface area contributed by atoms with Gasteiger partial charge in [0.15, 0.2) is 5.78 Å². The van der Waals surface area contributed by atoms with Gasteiger partial charge in [0, 0.05) is 17.8 Å². The minimum Gasteiger partial charge on any atom is -0.352 e. The second kappa shape index (κ2) is 7.45. The molecule has 1 aromatic heterocycles. The topological polar surface area (TPSA) is 57.7 Å². The third-order valence-electron chi connectivity index (χ3n) is 6.86. The second-order valence-electron chi connectivity index (χ2n) is 8.79. The zero-order valence-electron chi connectivity index (χ0n) is 18.0. The predicted molar refractivity (Wildman–Crippen MR) is 122 cm³/mol. The van der Waals surface area contributed by atoms with Crippen molar-refractivity contribution in [3.63, 3.8) is 0 Å².